The molecule has 1 unspecified atom stereocenters. The summed E-state index contributed by atoms with van der Waals surface area (Å²) in [6, 6.07) is 12.3. The van der Waals surface area contributed by atoms with Gasteiger partial charge >= 0.3 is 0 Å². The van der Waals surface area contributed by atoms with Gasteiger partial charge in [-0.1, -0.05) is 46.7 Å². The van der Waals surface area contributed by atoms with Crippen LogP contribution in [0.25, 0.3) is 0 Å². The highest BCUT2D eigenvalue weighted by atomic mass is 35.5. The van der Waals surface area contributed by atoms with E-state index in [1.54, 1.807) is 0 Å². The number of hydrogen-bond acceptors (Lipinski definition) is 9. The maximum Gasteiger partial charge on any atom is 0.174 e. The van der Waals surface area contributed by atoms with E-state index in [4.69, 9.17) is 44.3 Å². The highest BCUT2D eigenvalue weighted by molar-refractivity contribution is 6.17. The Kier molecular flexibility index (Phi) is 10.4. The highest BCUT2D eigenvalue weighted by Gasteiger charge is 2.58. The molecular formula is C42H51ClN2O7. The van der Waals surface area contributed by atoms with Gasteiger partial charge in [0.05, 0.1) is 31.8 Å². The first-order valence-electron chi connectivity index (χ1n) is 19.1. The molecule has 0 N–H and O–H groups in total. The molecule has 4 aromatic rings. The summed E-state index contributed by atoms with van der Waals surface area (Å²) in [4.78, 5) is 0. The molecule has 2 aromatic carbocycles. The number of benzene rings is 2. The predicted molar refractivity (Wildman–Crippen MR) is 196 cm³/mol. The molecule has 10 heteroatoms. The second kappa shape index (κ2) is 15.2. The summed E-state index contributed by atoms with van der Waals surface area (Å²) in [6.07, 6.45) is 9.31. The summed E-state index contributed by atoms with van der Waals surface area (Å²) < 4.78 is 42.1. The fraction of sp³-hybridized carbons (Fsp3) is 0.571. The zero-order chi connectivity index (χ0) is 35.8. The Hall–Kier alpha value is -3.37. The number of ether oxygens (including phenoxy) is 5. The predicted octanol–water partition coefficient (Wildman–Crippen LogP) is 9.68. The molecule has 4 saturated carbocycles. The Morgan fingerprint density at radius 3 is 1.58 bits per heavy atom. The lowest BCUT2D eigenvalue weighted by molar-refractivity contribution is -0.238. The second-order valence-electron chi connectivity index (χ2n) is 15.4. The van der Waals surface area contributed by atoms with Gasteiger partial charge in [0.2, 0.25) is 0 Å². The highest BCUT2D eigenvalue weighted by Crippen LogP contribution is 2.54. The Labute approximate surface area is 311 Å². The van der Waals surface area contributed by atoms with E-state index in [0.717, 1.165) is 93.8 Å². The number of halogens is 1. The number of aryl methyl sites for hydroxylation is 4. The van der Waals surface area contributed by atoms with Crippen LogP contribution in [0.15, 0.2) is 45.4 Å². The number of nitrogens with zero attached hydrogens (tertiary/aromatic N) is 2. The van der Waals surface area contributed by atoms with Crippen molar-refractivity contribution in [3.05, 3.63) is 92.7 Å². The van der Waals surface area contributed by atoms with Crippen molar-refractivity contribution in [2.24, 2.45) is 11.8 Å². The molecule has 278 valence electrons. The van der Waals surface area contributed by atoms with E-state index in [2.05, 4.69) is 42.4 Å². The Balaban J connectivity index is 0.000000166. The normalized spacial score (nSPS) is 23.1. The van der Waals surface area contributed by atoms with Crippen molar-refractivity contribution in [3.8, 4) is 11.5 Å². The Bertz CT molecular complexity index is 1800. The van der Waals surface area contributed by atoms with Crippen molar-refractivity contribution in [2.75, 3.05) is 13.2 Å². The van der Waals surface area contributed by atoms with Crippen molar-refractivity contribution in [2.45, 2.75) is 128 Å². The van der Waals surface area contributed by atoms with Gasteiger partial charge in [-0.05, 0) is 101 Å². The van der Waals surface area contributed by atoms with Crippen LogP contribution < -0.4 is 9.47 Å². The summed E-state index contributed by atoms with van der Waals surface area (Å²) in [5, 5.41) is 8.53. The fourth-order valence-electron chi connectivity index (χ4n) is 8.59. The molecule has 3 atom stereocenters. The third-order valence-electron chi connectivity index (χ3n) is 11.7. The zero-order valence-electron chi connectivity index (χ0n) is 30.9. The summed E-state index contributed by atoms with van der Waals surface area (Å²) in [5.74, 6) is 5.83. The van der Waals surface area contributed by atoms with E-state index in [-0.39, 0.29) is 11.9 Å². The third kappa shape index (κ3) is 7.26. The maximum atomic E-state index is 6.50. The molecule has 0 amide bonds. The van der Waals surface area contributed by atoms with Gasteiger partial charge in [0, 0.05) is 34.8 Å². The first-order chi connectivity index (χ1) is 25.3. The summed E-state index contributed by atoms with van der Waals surface area (Å²) >= 11 is 6.04. The minimum Gasteiger partial charge on any atom is -0.487 e. The van der Waals surface area contributed by atoms with Crippen molar-refractivity contribution >= 4 is 11.6 Å². The van der Waals surface area contributed by atoms with Gasteiger partial charge < -0.3 is 32.7 Å². The molecule has 1 saturated heterocycles. The van der Waals surface area contributed by atoms with Crippen LogP contribution in [0.4, 0.5) is 0 Å². The molecule has 9 nitrogen and oxygen atoms in total. The van der Waals surface area contributed by atoms with Crippen molar-refractivity contribution in [1.82, 2.24) is 10.3 Å². The lowest BCUT2D eigenvalue weighted by Crippen LogP contribution is -2.47. The average molecular weight is 731 g/mol. The Morgan fingerprint density at radius 2 is 1.12 bits per heavy atom. The quantitative estimate of drug-likeness (QED) is 0.132. The van der Waals surface area contributed by atoms with Crippen molar-refractivity contribution in [1.29, 1.82) is 0 Å². The molecule has 5 fully saturated rings. The van der Waals surface area contributed by atoms with E-state index < -0.39 is 0 Å². The molecule has 5 aliphatic rings. The SMILES string of the molecule is Cc1cccc(C)c1OCc1noc(C2CC2)c1CCl.Cc1cccc(C)c1OCc1noc(C2CC2)c1COC1C[C@H]2CC[C@@H](C1)C21OCCO1. The molecular weight excluding hydrogens is 680 g/mol. The number of aromatic nitrogens is 2. The molecule has 9 rings (SSSR count). The van der Waals surface area contributed by atoms with Crippen LogP contribution in [0.3, 0.4) is 0 Å². The van der Waals surface area contributed by atoms with E-state index in [1.807, 2.05) is 32.0 Å². The van der Waals surface area contributed by atoms with E-state index in [0.29, 0.717) is 49.4 Å². The molecule has 3 heterocycles. The molecule has 1 spiro atoms. The lowest BCUT2D eigenvalue weighted by Gasteiger charge is -2.41. The molecule has 4 aliphatic carbocycles. The van der Waals surface area contributed by atoms with Gasteiger partial charge in [0.25, 0.3) is 0 Å². The monoisotopic (exact) mass is 730 g/mol. The van der Waals surface area contributed by atoms with Crippen LogP contribution in [0.1, 0.15) is 119 Å². The minimum atomic E-state index is -0.319. The summed E-state index contributed by atoms with van der Waals surface area (Å²) in [6.45, 7) is 11.1. The molecule has 2 aromatic heterocycles. The van der Waals surface area contributed by atoms with Gasteiger partial charge in [-0.3, -0.25) is 0 Å². The van der Waals surface area contributed by atoms with E-state index in [9.17, 15) is 0 Å². The Morgan fingerprint density at radius 1 is 0.654 bits per heavy atom. The molecule has 52 heavy (non-hydrogen) atoms. The standard InChI is InChI=1S/C26H33NO5.C16H18ClNO2/c1-16-4-3-5-17(2)24(16)29-15-23-22(25(32-27-23)18-6-7-18)14-28-21-12-19-8-9-20(13-21)26(19)30-10-11-31-26;1-10-4-3-5-11(2)15(10)19-9-14-13(8-17)16(20-18-14)12-6-7-12/h3-5,18-21H,6-15H2,1-2H3;3-5,12H,6-9H2,1-2H3/t19-,20+,21?;. The van der Waals surface area contributed by atoms with Gasteiger partial charge in [-0.15, -0.1) is 11.6 Å². The van der Waals surface area contributed by atoms with Crippen LogP contribution >= 0.6 is 11.6 Å². The summed E-state index contributed by atoms with van der Waals surface area (Å²) in [5.41, 5.74) is 8.33. The zero-order valence-corrected chi connectivity index (χ0v) is 31.6. The van der Waals surface area contributed by atoms with Crippen LogP contribution in [0.5, 0.6) is 11.5 Å². The van der Waals surface area contributed by atoms with Crippen LogP contribution in [0, 0.1) is 39.5 Å². The number of rotatable bonds is 12. The summed E-state index contributed by atoms with van der Waals surface area (Å²) in [7, 11) is 0. The molecule has 2 bridgehead atoms. The van der Waals surface area contributed by atoms with Gasteiger partial charge in [0.15, 0.2) is 5.79 Å². The van der Waals surface area contributed by atoms with E-state index in [1.165, 1.54) is 38.5 Å². The van der Waals surface area contributed by atoms with E-state index >= 15 is 0 Å². The maximum absolute atomic E-state index is 6.50. The second-order valence-corrected chi connectivity index (χ2v) is 15.7. The minimum absolute atomic E-state index is 0.236. The fourth-order valence-corrected chi connectivity index (χ4v) is 8.88. The number of para-hydroxylation sites is 2. The number of alkyl halides is 1. The average Bonchev–Trinajstić information content (AvgIpc) is 4.03. The first-order valence-corrected chi connectivity index (χ1v) is 19.7. The van der Waals surface area contributed by atoms with Crippen molar-refractivity contribution in [3.63, 3.8) is 0 Å². The van der Waals surface area contributed by atoms with Crippen LogP contribution in [-0.4, -0.2) is 35.4 Å². The molecule has 1 aliphatic heterocycles. The van der Waals surface area contributed by atoms with Gasteiger partial charge in [-0.2, -0.15) is 0 Å². The van der Waals surface area contributed by atoms with Crippen LogP contribution in [-0.2, 0) is 39.9 Å². The largest absolute Gasteiger partial charge is 0.487 e. The topological polar surface area (TPSA) is 98.2 Å². The van der Waals surface area contributed by atoms with Crippen LogP contribution in [0.2, 0.25) is 0 Å². The smallest absolute Gasteiger partial charge is 0.174 e. The lowest BCUT2D eigenvalue weighted by atomic mass is 9.81. The van der Waals surface area contributed by atoms with Gasteiger partial charge in [0.1, 0.15) is 47.6 Å². The number of hydrogen-bond donors (Lipinski definition) is 0. The van der Waals surface area contributed by atoms with Crippen molar-refractivity contribution < 1.29 is 32.7 Å². The van der Waals surface area contributed by atoms with Gasteiger partial charge in [-0.25, -0.2) is 0 Å². The molecule has 0 radical (unpaired) electrons. The first kappa shape index (κ1) is 35.6. The third-order valence-corrected chi connectivity index (χ3v) is 11.9.